The number of ether oxygens (including phenoxy) is 2. The largest absolute Gasteiger partial charge is 0.490 e. The first-order chi connectivity index (χ1) is 9.62. The minimum absolute atomic E-state index is 0.386. The van der Waals surface area contributed by atoms with E-state index in [2.05, 4.69) is 25.2 Å². The Bertz CT molecular complexity index is 452. The van der Waals surface area contributed by atoms with Crippen molar-refractivity contribution in [3.05, 3.63) is 23.8 Å². The normalized spacial score (nSPS) is 12.0. The van der Waals surface area contributed by atoms with Crippen molar-refractivity contribution in [3.8, 4) is 17.6 Å². The first kappa shape index (κ1) is 16.3. The van der Waals surface area contributed by atoms with Crippen molar-refractivity contribution in [2.75, 3.05) is 6.61 Å². The quantitative estimate of drug-likeness (QED) is 0.791. The van der Waals surface area contributed by atoms with E-state index in [4.69, 9.17) is 14.7 Å². The van der Waals surface area contributed by atoms with Crippen LogP contribution in [-0.4, -0.2) is 18.8 Å². The molecule has 0 amide bonds. The maximum absolute atomic E-state index is 9.09. The van der Waals surface area contributed by atoms with Gasteiger partial charge in [-0.15, -0.1) is 0 Å². The van der Waals surface area contributed by atoms with E-state index < -0.39 is 6.10 Å². The standard InChI is InChI=1S/C16H24N2O2/c1-5-14(10-17)20-16-13(11-18-12(3)4)8-7-9-15(16)19-6-2/h7-9,12,14,18H,5-6,11H2,1-4H3. The lowest BCUT2D eigenvalue weighted by molar-refractivity contribution is 0.229. The molecule has 1 aromatic carbocycles. The van der Waals surface area contributed by atoms with Crippen molar-refractivity contribution >= 4 is 0 Å². The highest BCUT2D eigenvalue weighted by Gasteiger charge is 2.15. The molecule has 0 saturated carbocycles. The van der Waals surface area contributed by atoms with Gasteiger partial charge in [-0.25, -0.2) is 0 Å². The van der Waals surface area contributed by atoms with Gasteiger partial charge in [0.05, 0.1) is 6.61 Å². The van der Waals surface area contributed by atoms with Crippen molar-refractivity contribution in [2.45, 2.75) is 52.8 Å². The van der Waals surface area contributed by atoms with Gasteiger partial charge in [-0.1, -0.05) is 32.9 Å². The number of nitrogens with one attached hydrogen (secondary N) is 1. The van der Waals surface area contributed by atoms with Crippen LogP contribution in [0.5, 0.6) is 11.5 Å². The van der Waals surface area contributed by atoms with E-state index in [1.165, 1.54) is 0 Å². The third-order valence-corrected chi connectivity index (χ3v) is 2.84. The van der Waals surface area contributed by atoms with Gasteiger partial charge in [0, 0.05) is 18.2 Å². The van der Waals surface area contributed by atoms with Gasteiger partial charge in [0.2, 0.25) is 0 Å². The second-order valence-electron chi connectivity index (χ2n) is 4.86. The van der Waals surface area contributed by atoms with Crippen LogP contribution in [0.2, 0.25) is 0 Å². The highest BCUT2D eigenvalue weighted by molar-refractivity contribution is 5.47. The molecule has 1 atom stereocenters. The summed E-state index contributed by atoms with van der Waals surface area (Å²) in [5, 5.41) is 12.4. The predicted molar refractivity (Wildman–Crippen MR) is 79.9 cm³/mol. The van der Waals surface area contributed by atoms with E-state index in [0.29, 0.717) is 37.1 Å². The van der Waals surface area contributed by atoms with E-state index in [1.807, 2.05) is 32.0 Å². The van der Waals surface area contributed by atoms with Crippen LogP contribution in [-0.2, 0) is 6.54 Å². The van der Waals surface area contributed by atoms with E-state index in [9.17, 15) is 0 Å². The second kappa shape index (κ2) is 8.44. The molecule has 0 radical (unpaired) electrons. The van der Waals surface area contributed by atoms with Gasteiger partial charge in [0.15, 0.2) is 17.6 Å². The van der Waals surface area contributed by atoms with Crippen molar-refractivity contribution in [3.63, 3.8) is 0 Å². The fourth-order valence-corrected chi connectivity index (χ4v) is 1.76. The molecule has 4 nitrogen and oxygen atoms in total. The zero-order chi connectivity index (χ0) is 15.0. The second-order valence-corrected chi connectivity index (χ2v) is 4.86. The molecule has 1 rings (SSSR count). The van der Waals surface area contributed by atoms with E-state index in [-0.39, 0.29) is 0 Å². The highest BCUT2D eigenvalue weighted by Crippen LogP contribution is 2.32. The number of nitrogens with zero attached hydrogens (tertiary/aromatic N) is 1. The van der Waals surface area contributed by atoms with Crippen LogP contribution in [0.4, 0.5) is 0 Å². The average Bonchev–Trinajstić information content (AvgIpc) is 2.44. The number of benzene rings is 1. The van der Waals surface area contributed by atoms with E-state index >= 15 is 0 Å². The van der Waals surface area contributed by atoms with Gasteiger partial charge < -0.3 is 14.8 Å². The molecular formula is C16H24N2O2. The maximum Gasteiger partial charge on any atom is 0.184 e. The van der Waals surface area contributed by atoms with Crippen LogP contribution in [0.25, 0.3) is 0 Å². The molecule has 1 aromatic rings. The number of nitriles is 1. The van der Waals surface area contributed by atoms with Gasteiger partial charge in [-0.3, -0.25) is 0 Å². The summed E-state index contributed by atoms with van der Waals surface area (Å²) in [6.45, 7) is 9.32. The summed E-state index contributed by atoms with van der Waals surface area (Å²) in [5.41, 5.74) is 1.01. The van der Waals surface area contributed by atoms with Crippen molar-refractivity contribution in [2.24, 2.45) is 0 Å². The van der Waals surface area contributed by atoms with Crippen molar-refractivity contribution in [1.82, 2.24) is 5.32 Å². The molecule has 0 aromatic heterocycles. The molecule has 110 valence electrons. The molecule has 0 fully saturated rings. The third kappa shape index (κ3) is 4.75. The molecule has 1 unspecified atom stereocenters. The van der Waals surface area contributed by atoms with Crippen LogP contribution in [0, 0.1) is 11.3 Å². The molecule has 0 bridgehead atoms. The molecule has 0 heterocycles. The van der Waals surface area contributed by atoms with Crippen molar-refractivity contribution < 1.29 is 9.47 Å². The van der Waals surface area contributed by atoms with Gasteiger partial charge in [0.1, 0.15) is 6.07 Å². The lowest BCUT2D eigenvalue weighted by atomic mass is 10.1. The summed E-state index contributed by atoms with van der Waals surface area (Å²) in [4.78, 5) is 0. The lowest BCUT2D eigenvalue weighted by Gasteiger charge is -2.19. The van der Waals surface area contributed by atoms with E-state index in [1.54, 1.807) is 0 Å². The number of para-hydroxylation sites is 1. The SMILES string of the molecule is CCOc1cccc(CNC(C)C)c1OC(C#N)CC. The van der Waals surface area contributed by atoms with Crippen LogP contribution in [0.15, 0.2) is 18.2 Å². The summed E-state index contributed by atoms with van der Waals surface area (Å²) in [6, 6.07) is 8.37. The lowest BCUT2D eigenvalue weighted by Crippen LogP contribution is -2.23. The molecule has 1 N–H and O–H groups in total. The Labute approximate surface area is 121 Å². The van der Waals surface area contributed by atoms with Gasteiger partial charge in [-0.05, 0) is 19.4 Å². The summed E-state index contributed by atoms with van der Waals surface area (Å²) in [6.07, 6.45) is 0.197. The predicted octanol–water partition coefficient (Wildman–Crippen LogP) is 3.26. The summed E-state index contributed by atoms with van der Waals surface area (Å²) in [5.74, 6) is 1.38. The number of hydrogen-bond donors (Lipinski definition) is 1. The number of rotatable bonds is 8. The highest BCUT2D eigenvalue weighted by atomic mass is 16.5. The molecule has 0 aliphatic carbocycles. The minimum atomic E-state index is -0.450. The van der Waals surface area contributed by atoms with E-state index in [0.717, 1.165) is 5.56 Å². The van der Waals surface area contributed by atoms with Crippen LogP contribution in [0.3, 0.4) is 0 Å². The fraction of sp³-hybridized carbons (Fsp3) is 0.562. The first-order valence-corrected chi connectivity index (χ1v) is 7.16. The fourth-order valence-electron chi connectivity index (χ4n) is 1.76. The molecule has 0 aliphatic heterocycles. The molecule has 0 saturated heterocycles. The monoisotopic (exact) mass is 276 g/mol. The van der Waals surface area contributed by atoms with Gasteiger partial charge in [-0.2, -0.15) is 5.26 Å². The van der Waals surface area contributed by atoms with Gasteiger partial charge >= 0.3 is 0 Å². The zero-order valence-corrected chi connectivity index (χ0v) is 12.8. The number of hydrogen-bond acceptors (Lipinski definition) is 4. The molecule has 4 heteroatoms. The third-order valence-electron chi connectivity index (χ3n) is 2.84. The molecule has 0 aliphatic rings. The van der Waals surface area contributed by atoms with Gasteiger partial charge in [0.25, 0.3) is 0 Å². The Morgan fingerprint density at radius 1 is 1.30 bits per heavy atom. The minimum Gasteiger partial charge on any atom is -0.490 e. The van der Waals surface area contributed by atoms with Crippen LogP contribution in [0.1, 0.15) is 39.7 Å². The maximum atomic E-state index is 9.09. The Balaban J connectivity index is 3.02. The summed E-state index contributed by atoms with van der Waals surface area (Å²) in [7, 11) is 0. The molecule has 0 spiro atoms. The Hall–Kier alpha value is -1.73. The average molecular weight is 276 g/mol. The Morgan fingerprint density at radius 3 is 2.60 bits per heavy atom. The molecular weight excluding hydrogens is 252 g/mol. The van der Waals surface area contributed by atoms with Crippen LogP contribution < -0.4 is 14.8 Å². The summed E-state index contributed by atoms with van der Waals surface area (Å²) < 4.78 is 11.4. The zero-order valence-electron chi connectivity index (χ0n) is 12.8. The smallest absolute Gasteiger partial charge is 0.184 e. The topological polar surface area (TPSA) is 54.3 Å². The first-order valence-electron chi connectivity index (χ1n) is 7.16. The molecule has 20 heavy (non-hydrogen) atoms. The summed E-state index contributed by atoms with van der Waals surface area (Å²) >= 11 is 0. The Kier molecular flexibility index (Phi) is 6.89. The van der Waals surface area contributed by atoms with Crippen LogP contribution >= 0.6 is 0 Å². The van der Waals surface area contributed by atoms with Crippen molar-refractivity contribution in [1.29, 1.82) is 5.26 Å². The Morgan fingerprint density at radius 2 is 2.05 bits per heavy atom.